The number of hydrogen-bond acceptors (Lipinski definition) is 2. The van der Waals surface area contributed by atoms with Crippen LogP contribution in [0.1, 0.15) is 5.56 Å². The quantitative estimate of drug-likeness (QED) is 0.707. The van der Waals surface area contributed by atoms with Gasteiger partial charge in [0.15, 0.2) is 5.65 Å². The molecule has 0 unspecified atom stereocenters. The van der Waals surface area contributed by atoms with E-state index < -0.39 is 0 Å². The van der Waals surface area contributed by atoms with Crippen molar-refractivity contribution >= 4 is 57.6 Å². The Morgan fingerprint density at radius 2 is 2.17 bits per heavy atom. The van der Waals surface area contributed by atoms with E-state index in [0.717, 1.165) is 11.0 Å². The van der Waals surface area contributed by atoms with Crippen molar-refractivity contribution in [1.29, 1.82) is 0 Å². The van der Waals surface area contributed by atoms with Crippen molar-refractivity contribution in [1.82, 2.24) is 15.2 Å². The summed E-state index contributed by atoms with van der Waals surface area (Å²) in [5.41, 5.74) is 2.06. The summed E-state index contributed by atoms with van der Waals surface area (Å²) in [6, 6.07) is 0. The maximum absolute atomic E-state index is 4.18. The molecule has 0 aliphatic heterocycles. The molecule has 2 aromatic rings. The fourth-order valence-electron chi connectivity index (χ4n) is 0.969. The third-order valence-electron chi connectivity index (χ3n) is 1.59. The number of halogens is 2. The average molecular weight is 387 g/mol. The van der Waals surface area contributed by atoms with E-state index >= 15 is 0 Å². The van der Waals surface area contributed by atoms with Gasteiger partial charge in [-0.15, -0.1) is 24.0 Å². The second kappa shape index (κ2) is 3.86. The van der Waals surface area contributed by atoms with E-state index in [0.29, 0.717) is 0 Å². The molecule has 0 radical (unpaired) electrons. The molecule has 0 atom stereocenters. The Bertz CT molecular complexity index is 396. The number of aromatic nitrogens is 3. The molecule has 0 aromatic carbocycles. The Labute approximate surface area is 101 Å². The predicted molar refractivity (Wildman–Crippen MR) is 66.8 cm³/mol. The lowest BCUT2D eigenvalue weighted by atomic mass is 10.3. The molecule has 0 aliphatic carbocycles. The minimum absolute atomic E-state index is 0. The van der Waals surface area contributed by atoms with E-state index in [4.69, 9.17) is 0 Å². The van der Waals surface area contributed by atoms with Gasteiger partial charge in [-0.05, 0) is 35.1 Å². The average Bonchev–Trinajstić information content (AvgIpc) is 2.45. The van der Waals surface area contributed by atoms with Gasteiger partial charge in [-0.3, -0.25) is 5.10 Å². The maximum atomic E-state index is 4.18. The number of hydrogen-bond donors (Lipinski definition) is 1. The first-order chi connectivity index (χ1) is 5.29. The van der Waals surface area contributed by atoms with E-state index in [2.05, 4.69) is 37.8 Å². The highest BCUT2D eigenvalue weighted by molar-refractivity contribution is 14.1. The smallest absolute Gasteiger partial charge is 0.156 e. The normalized spacial score (nSPS) is 9.83. The van der Waals surface area contributed by atoms with Gasteiger partial charge in [0.05, 0.1) is 11.6 Å². The number of rotatable bonds is 0. The lowest BCUT2D eigenvalue weighted by Crippen LogP contribution is -1.84. The van der Waals surface area contributed by atoms with Crippen LogP contribution in [0.25, 0.3) is 11.0 Å². The van der Waals surface area contributed by atoms with Crippen molar-refractivity contribution in [3.63, 3.8) is 0 Å². The fraction of sp³-hybridized carbons (Fsp3) is 0.143. The number of pyridine rings is 1. The molecule has 2 aromatic heterocycles. The highest BCUT2D eigenvalue weighted by Gasteiger charge is 2.02. The fourth-order valence-corrected chi connectivity index (χ4v) is 1.50. The molecule has 0 saturated heterocycles. The van der Waals surface area contributed by atoms with Gasteiger partial charge in [0.2, 0.25) is 0 Å². The lowest BCUT2D eigenvalue weighted by molar-refractivity contribution is 1.10. The first-order valence-corrected chi connectivity index (χ1v) is 4.31. The van der Waals surface area contributed by atoms with Gasteiger partial charge < -0.3 is 0 Å². The molecule has 5 heteroatoms. The molecule has 2 rings (SSSR count). The summed E-state index contributed by atoms with van der Waals surface area (Å²) in [7, 11) is 0. The number of aryl methyl sites for hydroxylation is 1. The summed E-state index contributed by atoms with van der Waals surface area (Å²) in [5, 5.41) is 7.84. The van der Waals surface area contributed by atoms with Crippen molar-refractivity contribution < 1.29 is 0 Å². The predicted octanol–water partition coefficient (Wildman–Crippen LogP) is 2.49. The molecule has 0 saturated carbocycles. The second-order valence-corrected chi connectivity index (χ2v) is 3.47. The van der Waals surface area contributed by atoms with E-state index in [-0.39, 0.29) is 24.0 Å². The van der Waals surface area contributed by atoms with Crippen LogP contribution in [0.2, 0.25) is 0 Å². The van der Waals surface area contributed by atoms with Crippen LogP contribution in [0.3, 0.4) is 0 Å². The van der Waals surface area contributed by atoms with Crippen LogP contribution in [0, 0.1) is 10.5 Å². The van der Waals surface area contributed by atoms with Crippen LogP contribution in [0.5, 0.6) is 0 Å². The Hall–Kier alpha value is 0.0800. The van der Waals surface area contributed by atoms with Gasteiger partial charge in [0.25, 0.3) is 0 Å². The number of H-pyrrole nitrogens is 1. The van der Waals surface area contributed by atoms with Crippen molar-refractivity contribution in [2.24, 2.45) is 0 Å². The molecule has 1 N–H and O–H groups in total. The summed E-state index contributed by atoms with van der Waals surface area (Å²) in [5.74, 6) is 0. The summed E-state index contributed by atoms with van der Waals surface area (Å²) < 4.78 is 1.22. The number of nitrogens with zero attached hydrogens (tertiary/aromatic N) is 2. The van der Waals surface area contributed by atoms with Crippen LogP contribution >= 0.6 is 46.6 Å². The van der Waals surface area contributed by atoms with E-state index in [1.807, 2.05) is 13.1 Å². The van der Waals surface area contributed by atoms with Crippen LogP contribution in [0.15, 0.2) is 12.4 Å². The molecular weight excluding hydrogens is 380 g/mol. The van der Waals surface area contributed by atoms with Gasteiger partial charge in [-0.2, -0.15) is 5.10 Å². The Balaban J connectivity index is 0.000000720. The van der Waals surface area contributed by atoms with Gasteiger partial charge in [-0.25, -0.2) is 4.98 Å². The summed E-state index contributed by atoms with van der Waals surface area (Å²) in [4.78, 5) is 4.18. The third-order valence-corrected chi connectivity index (χ3v) is 3.02. The van der Waals surface area contributed by atoms with Gasteiger partial charge in [0, 0.05) is 9.77 Å². The molecule has 64 valence electrons. The zero-order chi connectivity index (χ0) is 7.84. The van der Waals surface area contributed by atoms with E-state index in [9.17, 15) is 0 Å². The summed E-state index contributed by atoms with van der Waals surface area (Å²) in [6.07, 6.45) is 3.65. The first-order valence-electron chi connectivity index (χ1n) is 3.23. The van der Waals surface area contributed by atoms with Crippen LogP contribution in [-0.2, 0) is 0 Å². The first kappa shape index (κ1) is 10.2. The highest BCUT2D eigenvalue weighted by Crippen LogP contribution is 2.19. The zero-order valence-electron chi connectivity index (χ0n) is 6.34. The van der Waals surface area contributed by atoms with Crippen molar-refractivity contribution in [3.05, 3.63) is 21.5 Å². The lowest BCUT2D eigenvalue weighted by Gasteiger charge is -1.95. The molecule has 0 spiro atoms. The van der Waals surface area contributed by atoms with Crippen molar-refractivity contribution in [2.45, 2.75) is 6.92 Å². The number of aromatic amines is 1. The SMILES string of the molecule is Cc1cnc2[nH]ncc2c1I.I. The molecule has 12 heavy (non-hydrogen) atoms. The molecule has 0 fully saturated rings. The minimum Gasteiger partial charge on any atom is -0.261 e. The van der Waals surface area contributed by atoms with E-state index in [1.54, 1.807) is 6.20 Å². The van der Waals surface area contributed by atoms with Crippen molar-refractivity contribution in [3.8, 4) is 0 Å². The Morgan fingerprint density at radius 1 is 1.42 bits per heavy atom. The third kappa shape index (κ3) is 1.56. The molecule has 0 amide bonds. The monoisotopic (exact) mass is 387 g/mol. The minimum atomic E-state index is 0. The molecular formula is C7H7I2N3. The summed E-state index contributed by atoms with van der Waals surface area (Å²) >= 11 is 2.30. The largest absolute Gasteiger partial charge is 0.261 e. The Morgan fingerprint density at radius 3 is 2.92 bits per heavy atom. The van der Waals surface area contributed by atoms with Crippen LogP contribution in [0.4, 0.5) is 0 Å². The van der Waals surface area contributed by atoms with Gasteiger partial charge in [-0.1, -0.05) is 0 Å². The molecule has 0 bridgehead atoms. The standard InChI is InChI=1S/C7H6IN3.HI/c1-4-2-9-7-5(6(4)8)3-10-11-7;/h2-3H,1H3,(H,9,10,11);1H. The molecule has 0 aliphatic rings. The maximum Gasteiger partial charge on any atom is 0.156 e. The summed E-state index contributed by atoms with van der Waals surface area (Å²) in [6.45, 7) is 2.04. The number of fused-ring (bicyclic) bond motifs is 1. The second-order valence-electron chi connectivity index (χ2n) is 2.39. The van der Waals surface area contributed by atoms with Crippen molar-refractivity contribution in [2.75, 3.05) is 0 Å². The van der Waals surface area contributed by atoms with Gasteiger partial charge in [0.1, 0.15) is 0 Å². The highest BCUT2D eigenvalue weighted by atomic mass is 127. The topological polar surface area (TPSA) is 41.6 Å². The van der Waals surface area contributed by atoms with Crippen LogP contribution < -0.4 is 0 Å². The van der Waals surface area contributed by atoms with E-state index in [1.165, 1.54) is 9.13 Å². The zero-order valence-corrected chi connectivity index (χ0v) is 10.8. The Kier molecular flexibility index (Phi) is 3.27. The molecule has 2 heterocycles. The molecule has 3 nitrogen and oxygen atoms in total. The van der Waals surface area contributed by atoms with Crippen LogP contribution in [-0.4, -0.2) is 15.2 Å². The number of nitrogens with one attached hydrogen (secondary N) is 1. The van der Waals surface area contributed by atoms with Gasteiger partial charge >= 0.3 is 0 Å².